The maximum Gasteiger partial charge on any atom is 0.256 e. The fraction of sp³-hybridized carbons (Fsp3) is 0.316. The Hall–Kier alpha value is -2.83. The molecular weight excluding hydrogens is 338 g/mol. The molecule has 0 bridgehead atoms. The lowest BCUT2D eigenvalue weighted by atomic mass is 10.1. The monoisotopic (exact) mass is 356 g/mol. The van der Waals surface area contributed by atoms with Crippen LogP contribution in [0.2, 0.25) is 0 Å². The number of aromatic nitrogens is 3. The molecule has 4 rings (SSSR count). The molecule has 0 spiro atoms. The Labute approximate surface area is 149 Å². The number of anilines is 1. The number of pyridine rings is 1. The smallest absolute Gasteiger partial charge is 0.256 e. The van der Waals surface area contributed by atoms with Crippen LogP contribution in [0.3, 0.4) is 0 Å². The quantitative estimate of drug-likeness (QED) is 0.753. The summed E-state index contributed by atoms with van der Waals surface area (Å²) < 4.78 is 28.6. The lowest BCUT2D eigenvalue weighted by molar-refractivity contribution is 0.102. The number of rotatable bonds is 4. The van der Waals surface area contributed by atoms with Crippen molar-refractivity contribution in [2.45, 2.75) is 38.6 Å². The van der Waals surface area contributed by atoms with Crippen LogP contribution in [0.5, 0.6) is 0 Å². The van der Waals surface area contributed by atoms with Crippen molar-refractivity contribution in [1.29, 1.82) is 0 Å². The fourth-order valence-electron chi connectivity index (χ4n) is 3.02. The SMILES string of the molecule is CC(C)n1ncc2c(C(=O)Nc3cc(F)cc(F)c3)cc(C3CC3)nc21. The molecule has 0 aliphatic heterocycles. The van der Waals surface area contributed by atoms with E-state index in [1.807, 2.05) is 13.8 Å². The molecule has 1 fully saturated rings. The summed E-state index contributed by atoms with van der Waals surface area (Å²) >= 11 is 0. The number of nitrogens with zero attached hydrogens (tertiary/aromatic N) is 3. The van der Waals surface area contributed by atoms with Crippen molar-refractivity contribution in [2.24, 2.45) is 0 Å². The third-order valence-electron chi connectivity index (χ3n) is 4.44. The van der Waals surface area contributed by atoms with Crippen molar-refractivity contribution < 1.29 is 13.6 Å². The van der Waals surface area contributed by atoms with Gasteiger partial charge in [0.1, 0.15) is 11.6 Å². The molecule has 1 saturated carbocycles. The molecule has 1 aliphatic carbocycles. The predicted octanol–water partition coefficient (Wildman–Crippen LogP) is 4.42. The number of carbonyl (C=O) groups excluding carboxylic acids is 1. The van der Waals surface area contributed by atoms with Crippen LogP contribution in [0.15, 0.2) is 30.5 Å². The third kappa shape index (κ3) is 3.05. The minimum absolute atomic E-state index is 0.0710. The van der Waals surface area contributed by atoms with Crippen molar-refractivity contribution in [3.05, 3.63) is 53.4 Å². The molecule has 134 valence electrons. The molecule has 0 saturated heterocycles. The zero-order chi connectivity index (χ0) is 18.4. The van der Waals surface area contributed by atoms with E-state index in [9.17, 15) is 13.6 Å². The van der Waals surface area contributed by atoms with E-state index in [-0.39, 0.29) is 11.7 Å². The van der Waals surface area contributed by atoms with Gasteiger partial charge in [0.2, 0.25) is 0 Å². The van der Waals surface area contributed by atoms with Crippen molar-refractivity contribution in [3.63, 3.8) is 0 Å². The van der Waals surface area contributed by atoms with Crippen LogP contribution in [0.25, 0.3) is 11.0 Å². The second-order valence-corrected chi connectivity index (χ2v) is 6.90. The number of amides is 1. The Morgan fingerprint density at radius 2 is 1.88 bits per heavy atom. The van der Waals surface area contributed by atoms with Crippen LogP contribution < -0.4 is 5.32 Å². The average molecular weight is 356 g/mol. The molecule has 2 aromatic heterocycles. The molecule has 0 unspecified atom stereocenters. The molecule has 0 atom stereocenters. The summed E-state index contributed by atoms with van der Waals surface area (Å²) in [5.74, 6) is -1.57. The lowest BCUT2D eigenvalue weighted by Gasteiger charge is -2.11. The number of halogens is 2. The number of benzene rings is 1. The molecule has 0 radical (unpaired) electrons. The van der Waals surface area contributed by atoms with E-state index in [4.69, 9.17) is 4.98 Å². The topological polar surface area (TPSA) is 59.8 Å². The van der Waals surface area contributed by atoms with E-state index in [0.29, 0.717) is 22.5 Å². The Balaban J connectivity index is 1.78. The van der Waals surface area contributed by atoms with Gasteiger partial charge in [-0.2, -0.15) is 5.10 Å². The minimum Gasteiger partial charge on any atom is -0.322 e. The highest BCUT2D eigenvalue weighted by molar-refractivity contribution is 6.12. The first-order valence-corrected chi connectivity index (χ1v) is 8.58. The molecule has 1 N–H and O–H groups in total. The van der Waals surface area contributed by atoms with Crippen LogP contribution >= 0.6 is 0 Å². The van der Waals surface area contributed by atoms with Gasteiger partial charge in [0, 0.05) is 29.4 Å². The molecule has 3 aromatic rings. The first-order valence-electron chi connectivity index (χ1n) is 8.58. The zero-order valence-corrected chi connectivity index (χ0v) is 14.5. The van der Waals surface area contributed by atoms with E-state index in [1.165, 1.54) is 0 Å². The lowest BCUT2D eigenvalue weighted by Crippen LogP contribution is -2.14. The average Bonchev–Trinajstić information content (AvgIpc) is 3.31. The number of carbonyl (C=O) groups is 1. The van der Waals surface area contributed by atoms with Crippen LogP contribution in [-0.2, 0) is 0 Å². The Kier molecular flexibility index (Phi) is 3.94. The van der Waals surface area contributed by atoms with Gasteiger partial charge >= 0.3 is 0 Å². The summed E-state index contributed by atoms with van der Waals surface area (Å²) in [5, 5.41) is 7.54. The van der Waals surface area contributed by atoms with Crippen LogP contribution in [0.4, 0.5) is 14.5 Å². The molecule has 1 aromatic carbocycles. The Morgan fingerprint density at radius 1 is 1.19 bits per heavy atom. The summed E-state index contributed by atoms with van der Waals surface area (Å²) in [6.07, 6.45) is 3.70. The van der Waals surface area contributed by atoms with Crippen molar-refractivity contribution in [2.75, 3.05) is 5.32 Å². The molecule has 26 heavy (non-hydrogen) atoms. The summed E-state index contributed by atoms with van der Waals surface area (Å²) in [6.45, 7) is 3.99. The van der Waals surface area contributed by atoms with Gasteiger partial charge in [0.05, 0.1) is 17.1 Å². The number of nitrogens with one attached hydrogen (secondary N) is 1. The van der Waals surface area contributed by atoms with Crippen LogP contribution in [-0.4, -0.2) is 20.7 Å². The predicted molar refractivity (Wildman–Crippen MR) is 94.2 cm³/mol. The summed E-state index contributed by atoms with van der Waals surface area (Å²) in [4.78, 5) is 17.5. The van der Waals surface area contributed by atoms with Crippen LogP contribution in [0.1, 0.15) is 54.7 Å². The van der Waals surface area contributed by atoms with Gasteiger partial charge < -0.3 is 5.32 Å². The second-order valence-electron chi connectivity index (χ2n) is 6.90. The Morgan fingerprint density at radius 3 is 2.50 bits per heavy atom. The van der Waals surface area contributed by atoms with E-state index in [2.05, 4.69) is 10.4 Å². The largest absolute Gasteiger partial charge is 0.322 e. The van der Waals surface area contributed by atoms with E-state index in [1.54, 1.807) is 16.9 Å². The van der Waals surface area contributed by atoms with E-state index in [0.717, 1.165) is 36.7 Å². The molecule has 1 amide bonds. The molecule has 1 aliphatic rings. The fourth-order valence-corrected chi connectivity index (χ4v) is 3.02. The van der Waals surface area contributed by atoms with E-state index >= 15 is 0 Å². The van der Waals surface area contributed by atoms with Gasteiger partial charge in [-0.05, 0) is 44.9 Å². The molecular formula is C19H18F2N4O. The number of fused-ring (bicyclic) bond motifs is 1. The number of hydrogen-bond acceptors (Lipinski definition) is 3. The van der Waals surface area contributed by atoms with Crippen LogP contribution in [0, 0.1) is 11.6 Å². The molecule has 2 heterocycles. The van der Waals surface area contributed by atoms with Crippen molar-refractivity contribution >= 4 is 22.6 Å². The highest BCUT2D eigenvalue weighted by atomic mass is 19.1. The highest BCUT2D eigenvalue weighted by Gasteiger charge is 2.28. The first-order chi connectivity index (χ1) is 12.4. The summed E-state index contributed by atoms with van der Waals surface area (Å²) in [5.41, 5.74) is 1.99. The van der Waals surface area contributed by atoms with E-state index < -0.39 is 17.5 Å². The minimum atomic E-state index is -0.744. The summed E-state index contributed by atoms with van der Waals surface area (Å²) in [6, 6.07) is 4.79. The molecule has 5 nitrogen and oxygen atoms in total. The maximum absolute atomic E-state index is 13.4. The first kappa shape index (κ1) is 16.6. The van der Waals surface area contributed by atoms with Gasteiger partial charge in [0.25, 0.3) is 5.91 Å². The van der Waals surface area contributed by atoms with Gasteiger partial charge in [0.15, 0.2) is 5.65 Å². The second kappa shape index (κ2) is 6.16. The zero-order valence-electron chi connectivity index (χ0n) is 14.5. The molecule has 7 heteroatoms. The van der Waals surface area contributed by atoms with Crippen molar-refractivity contribution in [3.8, 4) is 0 Å². The highest BCUT2D eigenvalue weighted by Crippen LogP contribution is 2.40. The van der Waals surface area contributed by atoms with Gasteiger partial charge in [-0.15, -0.1) is 0 Å². The Bertz CT molecular complexity index is 988. The van der Waals surface area contributed by atoms with Gasteiger partial charge in [-0.1, -0.05) is 0 Å². The summed E-state index contributed by atoms with van der Waals surface area (Å²) in [7, 11) is 0. The van der Waals surface area contributed by atoms with Gasteiger partial charge in [-0.25, -0.2) is 18.4 Å². The van der Waals surface area contributed by atoms with Crippen molar-refractivity contribution in [1.82, 2.24) is 14.8 Å². The standard InChI is InChI=1S/C19H18F2N4O/c1-10(2)25-18-16(9-22-25)15(8-17(24-18)11-3-4-11)19(26)23-14-6-12(20)5-13(21)7-14/h5-11H,3-4H2,1-2H3,(H,23,26). The third-order valence-corrected chi connectivity index (χ3v) is 4.44. The maximum atomic E-state index is 13.4. The van der Waals surface area contributed by atoms with Gasteiger partial charge in [-0.3, -0.25) is 4.79 Å². The normalized spacial score (nSPS) is 14.2. The number of hydrogen-bond donors (Lipinski definition) is 1.